The topological polar surface area (TPSA) is 48.4 Å². The number of hydrogen-bond donors (Lipinski definition) is 0. The number of carbonyl (C=O) groups excluding carboxylic acids is 1. The highest BCUT2D eigenvalue weighted by atomic mass is 127. The first-order valence-electron chi connectivity index (χ1n) is 5.90. The Bertz CT molecular complexity index is 687. The van der Waals surface area contributed by atoms with Crippen molar-refractivity contribution in [1.29, 1.82) is 0 Å². The third kappa shape index (κ3) is 4.09. The molecule has 0 fully saturated rings. The summed E-state index contributed by atoms with van der Waals surface area (Å²) in [6.07, 6.45) is -3.27. The monoisotopic (exact) mass is 423 g/mol. The summed E-state index contributed by atoms with van der Waals surface area (Å²) in [7, 11) is 1.26. The van der Waals surface area contributed by atoms with Gasteiger partial charge in [-0.2, -0.15) is 0 Å². The van der Waals surface area contributed by atoms with Gasteiger partial charge in [0.25, 0.3) is 0 Å². The van der Waals surface area contributed by atoms with Crippen LogP contribution in [0.2, 0.25) is 0 Å². The molecular formula is C14H9F3INO3. The summed E-state index contributed by atoms with van der Waals surface area (Å²) in [5.74, 6) is -0.852. The zero-order valence-corrected chi connectivity index (χ0v) is 13.3. The van der Waals surface area contributed by atoms with E-state index in [2.05, 4.69) is 14.5 Å². The molecule has 0 N–H and O–H groups in total. The van der Waals surface area contributed by atoms with Crippen molar-refractivity contribution in [3.8, 4) is 16.9 Å². The summed E-state index contributed by atoms with van der Waals surface area (Å²) >= 11 is 1.94. The third-order valence-electron chi connectivity index (χ3n) is 2.64. The number of rotatable bonds is 3. The largest absolute Gasteiger partial charge is 0.573 e. The second-order valence-corrected chi connectivity index (χ2v) is 5.28. The van der Waals surface area contributed by atoms with Crippen LogP contribution in [0.3, 0.4) is 0 Å². The summed E-state index contributed by atoms with van der Waals surface area (Å²) in [5.41, 5.74) is 1.50. The summed E-state index contributed by atoms with van der Waals surface area (Å²) in [6.45, 7) is 0. The number of methoxy groups -OCH3 is 1. The Morgan fingerprint density at radius 2 is 1.82 bits per heavy atom. The molecular weight excluding hydrogens is 414 g/mol. The van der Waals surface area contributed by atoms with Gasteiger partial charge in [0.15, 0.2) is 5.69 Å². The van der Waals surface area contributed by atoms with Gasteiger partial charge >= 0.3 is 12.3 Å². The van der Waals surface area contributed by atoms with E-state index in [0.29, 0.717) is 14.7 Å². The van der Waals surface area contributed by atoms with Crippen molar-refractivity contribution in [2.24, 2.45) is 0 Å². The van der Waals surface area contributed by atoms with Crippen molar-refractivity contribution >= 4 is 28.6 Å². The van der Waals surface area contributed by atoms with Crippen LogP contribution >= 0.6 is 22.6 Å². The Labute approximate surface area is 137 Å². The summed E-state index contributed by atoms with van der Waals surface area (Å²) in [6, 6.07) is 7.07. The molecule has 0 aliphatic heterocycles. The molecule has 0 amide bonds. The number of alkyl halides is 3. The fourth-order valence-corrected chi connectivity index (χ4v) is 2.39. The van der Waals surface area contributed by atoms with Crippen LogP contribution in [0.15, 0.2) is 36.5 Å². The molecule has 0 atom stereocenters. The van der Waals surface area contributed by atoms with Gasteiger partial charge in [-0.1, -0.05) is 12.1 Å². The molecule has 1 heterocycles. The maximum absolute atomic E-state index is 12.1. The maximum atomic E-state index is 12.1. The van der Waals surface area contributed by atoms with Gasteiger partial charge in [-0.05, 0) is 46.4 Å². The van der Waals surface area contributed by atoms with E-state index in [1.165, 1.54) is 37.6 Å². The predicted octanol–water partition coefficient (Wildman–Crippen LogP) is 4.04. The fourth-order valence-electron chi connectivity index (χ4n) is 1.69. The van der Waals surface area contributed by atoms with E-state index in [1.807, 2.05) is 22.6 Å². The highest BCUT2D eigenvalue weighted by molar-refractivity contribution is 14.1. The van der Waals surface area contributed by atoms with Crippen molar-refractivity contribution in [2.45, 2.75) is 6.36 Å². The lowest BCUT2D eigenvalue weighted by atomic mass is 10.1. The number of aromatic nitrogens is 1. The first-order valence-corrected chi connectivity index (χ1v) is 6.98. The molecule has 0 spiro atoms. The van der Waals surface area contributed by atoms with E-state index < -0.39 is 12.3 Å². The molecule has 4 nitrogen and oxygen atoms in total. The second kappa shape index (κ2) is 6.51. The highest BCUT2D eigenvalue weighted by Gasteiger charge is 2.30. The van der Waals surface area contributed by atoms with Gasteiger partial charge in [-0.3, -0.25) is 0 Å². The SMILES string of the molecule is COC(=O)c1ncc(-c2ccc(OC(F)(F)F)cc2)cc1I. The zero-order chi connectivity index (χ0) is 16.3. The quantitative estimate of drug-likeness (QED) is 0.553. The summed E-state index contributed by atoms with van der Waals surface area (Å²) < 4.78 is 45.3. The van der Waals surface area contributed by atoms with E-state index in [4.69, 9.17) is 0 Å². The Balaban J connectivity index is 2.25. The molecule has 1 aromatic carbocycles. The van der Waals surface area contributed by atoms with Crippen LogP contribution in [0, 0.1) is 3.57 Å². The summed E-state index contributed by atoms with van der Waals surface area (Å²) in [4.78, 5) is 15.5. The Hall–Kier alpha value is -1.84. The van der Waals surface area contributed by atoms with Crippen LogP contribution < -0.4 is 4.74 Å². The van der Waals surface area contributed by atoms with Gasteiger partial charge in [0.2, 0.25) is 0 Å². The lowest BCUT2D eigenvalue weighted by Gasteiger charge is -2.10. The van der Waals surface area contributed by atoms with E-state index in [-0.39, 0.29) is 11.4 Å². The van der Waals surface area contributed by atoms with Crippen molar-refractivity contribution in [2.75, 3.05) is 7.11 Å². The molecule has 0 saturated carbocycles. The Kier molecular flexibility index (Phi) is 4.89. The lowest BCUT2D eigenvalue weighted by molar-refractivity contribution is -0.274. The second-order valence-electron chi connectivity index (χ2n) is 4.12. The van der Waals surface area contributed by atoms with Crippen molar-refractivity contribution in [3.63, 3.8) is 0 Å². The van der Waals surface area contributed by atoms with Gasteiger partial charge in [0.1, 0.15) is 5.75 Å². The van der Waals surface area contributed by atoms with Crippen molar-refractivity contribution in [3.05, 3.63) is 45.8 Å². The standard InChI is InChI=1S/C14H9F3INO3/c1-21-13(20)12-11(18)6-9(7-19-12)8-2-4-10(5-3-8)22-14(15,16)17/h2-7H,1H3. The average molecular weight is 423 g/mol. The molecule has 0 aliphatic carbocycles. The number of halogens is 4. The fraction of sp³-hybridized carbons (Fsp3) is 0.143. The maximum Gasteiger partial charge on any atom is 0.573 e. The molecule has 0 saturated heterocycles. The molecule has 0 unspecified atom stereocenters. The molecule has 2 aromatic rings. The van der Waals surface area contributed by atoms with Crippen LogP contribution in [-0.2, 0) is 4.74 Å². The van der Waals surface area contributed by atoms with E-state index in [9.17, 15) is 18.0 Å². The number of carbonyl (C=O) groups is 1. The lowest BCUT2D eigenvalue weighted by Crippen LogP contribution is -2.16. The smallest absolute Gasteiger partial charge is 0.464 e. The van der Waals surface area contributed by atoms with E-state index in [1.54, 1.807) is 6.07 Å². The molecule has 8 heteroatoms. The minimum Gasteiger partial charge on any atom is -0.464 e. The molecule has 0 radical (unpaired) electrons. The zero-order valence-electron chi connectivity index (χ0n) is 11.1. The number of benzene rings is 1. The Morgan fingerprint density at radius 1 is 1.18 bits per heavy atom. The number of ether oxygens (including phenoxy) is 2. The highest BCUT2D eigenvalue weighted by Crippen LogP contribution is 2.27. The Morgan fingerprint density at radius 3 is 2.32 bits per heavy atom. The number of pyridine rings is 1. The van der Waals surface area contributed by atoms with Gasteiger partial charge in [0, 0.05) is 15.3 Å². The molecule has 116 valence electrons. The van der Waals surface area contributed by atoms with Gasteiger partial charge in [0.05, 0.1) is 7.11 Å². The molecule has 1 aromatic heterocycles. The molecule has 22 heavy (non-hydrogen) atoms. The van der Waals surface area contributed by atoms with E-state index >= 15 is 0 Å². The predicted molar refractivity (Wildman–Crippen MR) is 80.4 cm³/mol. The van der Waals surface area contributed by atoms with Crippen LogP contribution in [0.4, 0.5) is 13.2 Å². The minimum atomic E-state index is -4.72. The normalized spacial score (nSPS) is 11.1. The number of nitrogens with zero attached hydrogens (tertiary/aromatic N) is 1. The van der Waals surface area contributed by atoms with Crippen LogP contribution in [0.1, 0.15) is 10.5 Å². The third-order valence-corrected chi connectivity index (χ3v) is 3.46. The van der Waals surface area contributed by atoms with Gasteiger partial charge in [-0.15, -0.1) is 13.2 Å². The van der Waals surface area contributed by atoms with Crippen LogP contribution in [0.25, 0.3) is 11.1 Å². The van der Waals surface area contributed by atoms with Gasteiger partial charge < -0.3 is 9.47 Å². The first kappa shape index (κ1) is 16.5. The molecule has 0 bridgehead atoms. The summed E-state index contributed by atoms with van der Waals surface area (Å²) in [5, 5.41) is 0. The van der Waals surface area contributed by atoms with Gasteiger partial charge in [-0.25, -0.2) is 9.78 Å². The average Bonchev–Trinajstić information content (AvgIpc) is 2.45. The molecule has 2 rings (SSSR count). The van der Waals surface area contributed by atoms with Crippen molar-refractivity contribution in [1.82, 2.24) is 4.98 Å². The minimum absolute atomic E-state index is 0.184. The van der Waals surface area contributed by atoms with E-state index in [0.717, 1.165) is 0 Å². The molecule has 0 aliphatic rings. The van der Waals surface area contributed by atoms with Crippen LogP contribution in [-0.4, -0.2) is 24.4 Å². The number of esters is 1. The van der Waals surface area contributed by atoms with Crippen LogP contribution in [0.5, 0.6) is 5.75 Å². The van der Waals surface area contributed by atoms with Crippen molar-refractivity contribution < 1.29 is 27.4 Å². The number of hydrogen-bond acceptors (Lipinski definition) is 4. The first-order chi connectivity index (χ1) is 10.3.